The molecule has 0 aliphatic carbocycles. The van der Waals surface area contributed by atoms with Crippen LogP contribution in [-0.2, 0) is 0 Å². The van der Waals surface area contributed by atoms with Crippen molar-refractivity contribution in [3.05, 3.63) is 59.4 Å². The molecule has 1 heterocycles. The Bertz CT molecular complexity index is 876. The Kier molecular flexibility index (Phi) is 4.74. The number of para-hydroxylation sites is 1. The van der Waals surface area contributed by atoms with Crippen LogP contribution in [0.15, 0.2) is 42.5 Å². The SMILES string of the molecule is CNc1nc(Nc2cc(C)cc(C)c2)nc(Nc2ccccc2F)n1. The maximum Gasteiger partial charge on any atom is 0.233 e. The molecule has 128 valence electrons. The molecule has 25 heavy (non-hydrogen) atoms. The molecule has 0 amide bonds. The molecule has 0 saturated carbocycles. The zero-order chi connectivity index (χ0) is 17.8. The van der Waals surface area contributed by atoms with Gasteiger partial charge in [0, 0.05) is 12.7 Å². The van der Waals surface area contributed by atoms with Gasteiger partial charge < -0.3 is 16.0 Å². The van der Waals surface area contributed by atoms with E-state index in [1.165, 1.54) is 6.07 Å². The van der Waals surface area contributed by atoms with Crippen molar-refractivity contribution >= 4 is 29.2 Å². The number of halogens is 1. The van der Waals surface area contributed by atoms with Crippen LogP contribution in [0.25, 0.3) is 0 Å². The summed E-state index contributed by atoms with van der Waals surface area (Å²) in [5.74, 6) is 0.609. The first-order valence-electron chi connectivity index (χ1n) is 7.84. The molecule has 2 aromatic carbocycles. The minimum Gasteiger partial charge on any atom is -0.357 e. The maximum atomic E-state index is 13.8. The standard InChI is InChI=1S/C18H19FN6/c1-11-8-12(2)10-13(9-11)21-17-23-16(20-3)24-18(25-17)22-15-7-5-4-6-14(15)19/h4-10H,1-3H3,(H3,20,21,22,23,24,25). The Labute approximate surface area is 145 Å². The van der Waals surface area contributed by atoms with Gasteiger partial charge in [0.05, 0.1) is 5.69 Å². The second kappa shape index (κ2) is 7.12. The first kappa shape index (κ1) is 16.6. The average molecular weight is 338 g/mol. The lowest BCUT2D eigenvalue weighted by Gasteiger charge is -2.11. The van der Waals surface area contributed by atoms with Crippen LogP contribution in [-0.4, -0.2) is 22.0 Å². The van der Waals surface area contributed by atoms with Crippen molar-refractivity contribution in [3.8, 4) is 0 Å². The lowest BCUT2D eigenvalue weighted by atomic mass is 10.1. The van der Waals surface area contributed by atoms with Gasteiger partial charge in [-0.1, -0.05) is 18.2 Å². The van der Waals surface area contributed by atoms with Crippen LogP contribution in [0.1, 0.15) is 11.1 Å². The van der Waals surface area contributed by atoms with E-state index in [9.17, 15) is 4.39 Å². The largest absolute Gasteiger partial charge is 0.357 e. The second-order valence-electron chi connectivity index (χ2n) is 5.66. The van der Waals surface area contributed by atoms with Crippen molar-refractivity contribution in [2.45, 2.75) is 13.8 Å². The van der Waals surface area contributed by atoms with Crippen molar-refractivity contribution < 1.29 is 4.39 Å². The number of rotatable bonds is 5. The number of hydrogen-bond acceptors (Lipinski definition) is 6. The molecule has 0 unspecified atom stereocenters. The first-order valence-corrected chi connectivity index (χ1v) is 7.84. The second-order valence-corrected chi connectivity index (χ2v) is 5.66. The lowest BCUT2D eigenvalue weighted by Crippen LogP contribution is -2.07. The first-order chi connectivity index (χ1) is 12.0. The summed E-state index contributed by atoms with van der Waals surface area (Å²) < 4.78 is 13.8. The number of aromatic nitrogens is 3. The van der Waals surface area contributed by atoms with Crippen molar-refractivity contribution in [2.75, 3.05) is 23.0 Å². The number of nitrogens with one attached hydrogen (secondary N) is 3. The third kappa shape index (κ3) is 4.20. The van der Waals surface area contributed by atoms with Gasteiger partial charge in [0.25, 0.3) is 0 Å². The van der Waals surface area contributed by atoms with E-state index in [4.69, 9.17) is 0 Å². The Balaban J connectivity index is 1.91. The van der Waals surface area contributed by atoms with E-state index in [2.05, 4.69) is 37.0 Å². The molecular formula is C18H19FN6. The molecule has 7 heteroatoms. The molecule has 3 aromatic rings. The van der Waals surface area contributed by atoms with Gasteiger partial charge in [-0.05, 0) is 49.2 Å². The van der Waals surface area contributed by atoms with Gasteiger partial charge in [-0.3, -0.25) is 0 Å². The van der Waals surface area contributed by atoms with Gasteiger partial charge in [0.2, 0.25) is 17.8 Å². The normalized spacial score (nSPS) is 10.4. The topological polar surface area (TPSA) is 74.8 Å². The zero-order valence-electron chi connectivity index (χ0n) is 14.3. The van der Waals surface area contributed by atoms with Crippen molar-refractivity contribution in [3.63, 3.8) is 0 Å². The smallest absolute Gasteiger partial charge is 0.233 e. The molecule has 0 saturated heterocycles. The molecule has 0 aliphatic heterocycles. The fraction of sp³-hybridized carbons (Fsp3) is 0.167. The average Bonchev–Trinajstić information content (AvgIpc) is 2.56. The van der Waals surface area contributed by atoms with Crippen LogP contribution < -0.4 is 16.0 Å². The fourth-order valence-corrected chi connectivity index (χ4v) is 2.46. The van der Waals surface area contributed by atoms with Crippen LogP contribution in [0, 0.1) is 19.7 Å². The molecule has 6 nitrogen and oxygen atoms in total. The highest BCUT2D eigenvalue weighted by atomic mass is 19.1. The number of hydrogen-bond donors (Lipinski definition) is 3. The molecule has 0 fully saturated rings. The molecular weight excluding hydrogens is 319 g/mol. The number of aryl methyl sites for hydroxylation is 2. The van der Waals surface area contributed by atoms with Gasteiger partial charge in [-0.15, -0.1) is 0 Å². The Morgan fingerprint density at radius 2 is 1.40 bits per heavy atom. The van der Waals surface area contributed by atoms with Crippen LogP contribution in [0.4, 0.5) is 33.6 Å². The van der Waals surface area contributed by atoms with E-state index in [0.29, 0.717) is 17.6 Å². The van der Waals surface area contributed by atoms with Crippen LogP contribution >= 0.6 is 0 Å². The van der Waals surface area contributed by atoms with Crippen molar-refractivity contribution in [2.24, 2.45) is 0 Å². The molecule has 0 radical (unpaired) electrons. The number of anilines is 5. The third-order valence-electron chi connectivity index (χ3n) is 3.46. The van der Waals surface area contributed by atoms with Gasteiger partial charge in [-0.2, -0.15) is 15.0 Å². The van der Waals surface area contributed by atoms with Crippen LogP contribution in [0.2, 0.25) is 0 Å². The van der Waals surface area contributed by atoms with E-state index < -0.39 is 0 Å². The minimum absolute atomic E-state index is 0.247. The molecule has 0 atom stereocenters. The molecule has 3 N–H and O–H groups in total. The van der Waals surface area contributed by atoms with Gasteiger partial charge in [0.1, 0.15) is 5.82 Å². The number of benzene rings is 2. The highest BCUT2D eigenvalue weighted by Crippen LogP contribution is 2.21. The Morgan fingerprint density at radius 1 is 0.800 bits per heavy atom. The van der Waals surface area contributed by atoms with Crippen LogP contribution in [0.5, 0.6) is 0 Å². The highest BCUT2D eigenvalue weighted by molar-refractivity contribution is 5.60. The van der Waals surface area contributed by atoms with Crippen LogP contribution in [0.3, 0.4) is 0 Å². The summed E-state index contributed by atoms with van der Waals surface area (Å²) in [4.78, 5) is 12.8. The zero-order valence-corrected chi connectivity index (χ0v) is 14.3. The van der Waals surface area contributed by atoms with Crippen molar-refractivity contribution in [1.82, 2.24) is 15.0 Å². The summed E-state index contributed by atoms with van der Waals surface area (Å²) in [5.41, 5.74) is 3.45. The van der Waals surface area contributed by atoms with E-state index in [1.807, 2.05) is 26.0 Å². The van der Waals surface area contributed by atoms with E-state index >= 15 is 0 Å². The summed E-state index contributed by atoms with van der Waals surface area (Å²) in [5, 5.41) is 8.92. The Morgan fingerprint density at radius 3 is 2.04 bits per heavy atom. The summed E-state index contributed by atoms with van der Waals surface area (Å²) in [6.07, 6.45) is 0. The maximum absolute atomic E-state index is 13.8. The predicted molar refractivity (Wildman–Crippen MR) is 98.3 cm³/mol. The lowest BCUT2D eigenvalue weighted by molar-refractivity contribution is 0.631. The summed E-state index contributed by atoms with van der Waals surface area (Å²) in [6, 6.07) is 12.4. The minimum atomic E-state index is -0.377. The predicted octanol–water partition coefficient (Wildman–Crippen LogP) is 4.16. The molecule has 0 bridgehead atoms. The molecule has 3 rings (SSSR count). The van der Waals surface area contributed by atoms with E-state index in [0.717, 1.165) is 16.8 Å². The van der Waals surface area contributed by atoms with Gasteiger partial charge in [-0.25, -0.2) is 4.39 Å². The van der Waals surface area contributed by atoms with Gasteiger partial charge >= 0.3 is 0 Å². The van der Waals surface area contributed by atoms with Gasteiger partial charge in [0.15, 0.2) is 0 Å². The highest BCUT2D eigenvalue weighted by Gasteiger charge is 2.09. The Hall–Kier alpha value is -3.22. The van der Waals surface area contributed by atoms with E-state index in [1.54, 1.807) is 25.2 Å². The summed E-state index contributed by atoms with van der Waals surface area (Å²) in [7, 11) is 1.71. The quantitative estimate of drug-likeness (QED) is 0.649. The molecule has 1 aromatic heterocycles. The fourth-order valence-electron chi connectivity index (χ4n) is 2.46. The molecule has 0 aliphatic rings. The summed E-state index contributed by atoms with van der Waals surface area (Å²) in [6.45, 7) is 4.05. The van der Waals surface area contributed by atoms with E-state index in [-0.39, 0.29) is 11.8 Å². The number of nitrogens with zero attached hydrogens (tertiary/aromatic N) is 3. The summed E-state index contributed by atoms with van der Waals surface area (Å²) >= 11 is 0. The molecule has 0 spiro atoms. The monoisotopic (exact) mass is 338 g/mol. The third-order valence-corrected chi connectivity index (χ3v) is 3.46. The van der Waals surface area contributed by atoms with Crippen molar-refractivity contribution in [1.29, 1.82) is 0 Å².